The van der Waals surface area contributed by atoms with Gasteiger partial charge in [-0.05, 0) is 42.3 Å². The monoisotopic (exact) mass is 523 g/mol. The van der Waals surface area contributed by atoms with Crippen LogP contribution in [-0.2, 0) is 10.9 Å². The Morgan fingerprint density at radius 2 is 1.87 bits per heavy atom. The predicted molar refractivity (Wildman–Crippen MR) is 136 cm³/mol. The minimum Gasteiger partial charge on any atom is -0.479 e. The number of benzene rings is 2. The standard InChI is InChI=1S/C27H24F3N5O3/c1-15-6-7-16(22-18(24(31)36)4-3-5-20(22)27(28,29)30)12-19(15)21-13-17-14-32-26(35-8-10-38-11-9-35)34-23(17)25(33-21)37-2/h3-7,12-14H,8-11H2,1-2H3,(H2,31,36). The number of alkyl halides is 3. The molecule has 1 fully saturated rings. The SMILES string of the molecule is COc1nc(-c2cc(-c3c(C(N)=O)cccc3C(F)(F)F)ccc2C)cc2cnc(N3CCOCC3)nc12. The molecular formula is C27H24F3N5O3. The number of nitrogens with two attached hydrogens (primary N) is 1. The summed E-state index contributed by atoms with van der Waals surface area (Å²) < 4.78 is 52.7. The molecule has 196 valence electrons. The van der Waals surface area contributed by atoms with Gasteiger partial charge in [0.1, 0.15) is 5.52 Å². The number of aryl methyl sites for hydroxylation is 1. The Morgan fingerprint density at radius 3 is 2.55 bits per heavy atom. The van der Waals surface area contributed by atoms with Crippen molar-refractivity contribution in [2.75, 3.05) is 38.3 Å². The van der Waals surface area contributed by atoms with E-state index in [0.29, 0.717) is 54.4 Å². The minimum atomic E-state index is -4.69. The highest BCUT2D eigenvalue weighted by Crippen LogP contribution is 2.41. The Hall–Kier alpha value is -4.25. The number of carbonyl (C=O) groups excluding carboxylic acids is 1. The third-order valence-corrected chi connectivity index (χ3v) is 6.45. The molecule has 0 radical (unpaired) electrons. The van der Waals surface area contributed by atoms with Crippen molar-refractivity contribution in [3.8, 4) is 28.3 Å². The van der Waals surface area contributed by atoms with E-state index in [1.807, 2.05) is 11.8 Å². The number of carbonyl (C=O) groups is 1. The zero-order chi connectivity index (χ0) is 27.0. The summed E-state index contributed by atoms with van der Waals surface area (Å²) in [4.78, 5) is 27.9. The van der Waals surface area contributed by atoms with E-state index in [1.54, 1.807) is 24.4 Å². The minimum absolute atomic E-state index is 0.187. The molecule has 0 aliphatic carbocycles. The van der Waals surface area contributed by atoms with Gasteiger partial charge in [0.25, 0.3) is 0 Å². The van der Waals surface area contributed by atoms with Gasteiger partial charge in [0.2, 0.25) is 17.7 Å². The van der Waals surface area contributed by atoms with Crippen LogP contribution in [0.5, 0.6) is 5.88 Å². The first-order chi connectivity index (χ1) is 18.2. The molecule has 2 N–H and O–H groups in total. The predicted octanol–water partition coefficient (Wildman–Crippen LogP) is 4.63. The van der Waals surface area contributed by atoms with Gasteiger partial charge in [0.15, 0.2) is 0 Å². The molecule has 5 rings (SSSR count). The van der Waals surface area contributed by atoms with Gasteiger partial charge in [-0.25, -0.2) is 15.0 Å². The Labute approximate surface area is 216 Å². The van der Waals surface area contributed by atoms with Crippen LogP contribution in [0, 0.1) is 6.92 Å². The molecule has 1 amide bonds. The molecule has 0 saturated carbocycles. The molecule has 0 bridgehead atoms. The van der Waals surface area contributed by atoms with Crippen LogP contribution in [0.1, 0.15) is 21.5 Å². The highest BCUT2D eigenvalue weighted by atomic mass is 19.4. The van der Waals surface area contributed by atoms with E-state index in [1.165, 1.54) is 25.3 Å². The van der Waals surface area contributed by atoms with E-state index in [9.17, 15) is 18.0 Å². The van der Waals surface area contributed by atoms with Crippen LogP contribution in [0.2, 0.25) is 0 Å². The van der Waals surface area contributed by atoms with E-state index >= 15 is 0 Å². The number of fused-ring (bicyclic) bond motifs is 1. The topological polar surface area (TPSA) is 103 Å². The summed E-state index contributed by atoms with van der Waals surface area (Å²) in [6.07, 6.45) is -3.02. The number of rotatable bonds is 5. The second kappa shape index (κ2) is 9.90. The van der Waals surface area contributed by atoms with Gasteiger partial charge in [0.05, 0.1) is 31.6 Å². The van der Waals surface area contributed by atoms with Gasteiger partial charge in [-0.1, -0.05) is 18.2 Å². The van der Waals surface area contributed by atoms with Crippen LogP contribution in [0.25, 0.3) is 33.3 Å². The summed E-state index contributed by atoms with van der Waals surface area (Å²) in [6, 6.07) is 9.93. The molecular weight excluding hydrogens is 499 g/mol. The van der Waals surface area contributed by atoms with Crippen molar-refractivity contribution in [3.63, 3.8) is 0 Å². The average molecular weight is 524 g/mol. The molecule has 1 saturated heterocycles. The quantitative estimate of drug-likeness (QED) is 0.407. The van der Waals surface area contributed by atoms with Gasteiger partial charge < -0.3 is 20.1 Å². The van der Waals surface area contributed by atoms with Crippen molar-refractivity contribution < 1.29 is 27.4 Å². The summed E-state index contributed by atoms with van der Waals surface area (Å²) in [5.41, 5.74) is 6.49. The fraction of sp³-hybridized carbons (Fsp3) is 0.259. The van der Waals surface area contributed by atoms with Crippen LogP contribution in [0.15, 0.2) is 48.7 Å². The maximum atomic E-state index is 13.9. The zero-order valence-corrected chi connectivity index (χ0v) is 20.7. The summed E-state index contributed by atoms with van der Waals surface area (Å²) in [6.45, 7) is 4.32. The van der Waals surface area contributed by atoms with Crippen LogP contribution >= 0.6 is 0 Å². The number of primary amides is 1. The molecule has 1 aliphatic rings. The van der Waals surface area contributed by atoms with Crippen molar-refractivity contribution in [1.82, 2.24) is 15.0 Å². The number of amides is 1. The van der Waals surface area contributed by atoms with Crippen molar-refractivity contribution in [3.05, 3.63) is 65.4 Å². The van der Waals surface area contributed by atoms with Gasteiger partial charge in [-0.15, -0.1) is 0 Å². The van der Waals surface area contributed by atoms with Crippen LogP contribution in [0.4, 0.5) is 19.1 Å². The molecule has 0 atom stereocenters. The van der Waals surface area contributed by atoms with Gasteiger partial charge in [-0.2, -0.15) is 13.2 Å². The Bertz CT molecular complexity index is 1530. The molecule has 2 aromatic carbocycles. The van der Waals surface area contributed by atoms with E-state index in [2.05, 4.69) is 15.0 Å². The van der Waals surface area contributed by atoms with Crippen LogP contribution in [0.3, 0.4) is 0 Å². The van der Waals surface area contributed by atoms with Gasteiger partial charge >= 0.3 is 6.18 Å². The molecule has 3 heterocycles. The Morgan fingerprint density at radius 1 is 1.11 bits per heavy atom. The second-order valence-electron chi connectivity index (χ2n) is 8.84. The van der Waals surface area contributed by atoms with Crippen molar-refractivity contribution in [2.24, 2.45) is 5.73 Å². The van der Waals surface area contributed by atoms with E-state index in [-0.39, 0.29) is 22.6 Å². The maximum Gasteiger partial charge on any atom is 0.417 e. The molecule has 1 aliphatic heterocycles. The molecule has 11 heteroatoms. The van der Waals surface area contributed by atoms with Crippen LogP contribution in [-0.4, -0.2) is 54.3 Å². The first-order valence-corrected chi connectivity index (χ1v) is 11.8. The highest BCUT2D eigenvalue weighted by molar-refractivity contribution is 6.01. The van der Waals surface area contributed by atoms with Crippen molar-refractivity contribution in [1.29, 1.82) is 0 Å². The number of hydrogen-bond acceptors (Lipinski definition) is 7. The molecule has 38 heavy (non-hydrogen) atoms. The molecule has 4 aromatic rings. The first-order valence-electron chi connectivity index (χ1n) is 11.8. The third-order valence-electron chi connectivity index (χ3n) is 6.45. The maximum absolute atomic E-state index is 13.9. The lowest BCUT2D eigenvalue weighted by atomic mass is 9.90. The lowest BCUT2D eigenvalue weighted by Crippen LogP contribution is -2.37. The van der Waals surface area contributed by atoms with E-state index < -0.39 is 17.6 Å². The highest BCUT2D eigenvalue weighted by Gasteiger charge is 2.35. The average Bonchev–Trinajstić information content (AvgIpc) is 2.92. The van der Waals surface area contributed by atoms with Crippen molar-refractivity contribution >= 4 is 22.8 Å². The number of pyridine rings is 1. The number of morpholine rings is 1. The lowest BCUT2D eigenvalue weighted by molar-refractivity contribution is -0.137. The number of aromatic nitrogens is 3. The number of nitrogens with zero attached hydrogens (tertiary/aromatic N) is 4. The number of halogens is 3. The summed E-state index contributed by atoms with van der Waals surface area (Å²) in [7, 11) is 1.48. The number of ether oxygens (including phenoxy) is 2. The van der Waals surface area contributed by atoms with Gasteiger partial charge in [-0.3, -0.25) is 4.79 Å². The molecule has 8 nitrogen and oxygen atoms in total. The van der Waals surface area contributed by atoms with E-state index in [4.69, 9.17) is 15.2 Å². The summed E-state index contributed by atoms with van der Waals surface area (Å²) in [5.74, 6) is -0.158. The van der Waals surface area contributed by atoms with E-state index in [0.717, 1.165) is 11.6 Å². The zero-order valence-electron chi connectivity index (χ0n) is 20.7. The largest absolute Gasteiger partial charge is 0.479 e. The van der Waals surface area contributed by atoms with Crippen LogP contribution < -0.4 is 15.4 Å². The Kier molecular flexibility index (Phi) is 6.62. The fourth-order valence-electron chi connectivity index (χ4n) is 4.56. The number of hydrogen-bond donors (Lipinski definition) is 1. The normalized spacial score (nSPS) is 14.1. The lowest BCUT2D eigenvalue weighted by Gasteiger charge is -2.26. The Balaban J connectivity index is 1.65. The number of methoxy groups -OCH3 is 1. The molecule has 2 aromatic heterocycles. The number of anilines is 1. The fourth-order valence-corrected chi connectivity index (χ4v) is 4.56. The first kappa shape index (κ1) is 25.4. The summed E-state index contributed by atoms with van der Waals surface area (Å²) >= 11 is 0. The summed E-state index contributed by atoms with van der Waals surface area (Å²) in [5, 5.41) is 0.655. The molecule has 0 spiro atoms. The van der Waals surface area contributed by atoms with Crippen molar-refractivity contribution in [2.45, 2.75) is 13.1 Å². The van der Waals surface area contributed by atoms with Gasteiger partial charge in [0, 0.05) is 41.4 Å². The smallest absolute Gasteiger partial charge is 0.417 e. The third kappa shape index (κ3) is 4.72. The molecule has 0 unspecified atom stereocenters. The second-order valence-corrected chi connectivity index (χ2v) is 8.84.